The summed E-state index contributed by atoms with van der Waals surface area (Å²) < 4.78 is 0. The number of carbonyl (C=O) groups excluding carboxylic acids is 1. The Kier molecular flexibility index (Phi) is 5.44. The average Bonchev–Trinajstić information content (AvgIpc) is 2.34. The Labute approximate surface area is 109 Å². The van der Waals surface area contributed by atoms with Crippen LogP contribution in [0.15, 0.2) is 5.16 Å². The number of rotatable bonds is 7. The van der Waals surface area contributed by atoms with Crippen LogP contribution in [0, 0.1) is 11.3 Å². The summed E-state index contributed by atoms with van der Waals surface area (Å²) in [5.74, 6) is 0.655. The van der Waals surface area contributed by atoms with Gasteiger partial charge in [0.15, 0.2) is 5.84 Å². The van der Waals surface area contributed by atoms with Crippen molar-refractivity contribution in [3.63, 3.8) is 0 Å². The highest BCUT2D eigenvalue weighted by atomic mass is 16.4. The van der Waals surface area contributed by atoms with E-state index in [0.29, 0.717) is 19.4 Å². The second-order valence-corrected chi connectivity index (χ2v) is 5.12. The van der Waals surface area contributed by atoms with E-state index in [0.717, 1.165) is 12.3 Å². The van der Waals surface area contributed by atoms with Crippen molar-refractivity contribution in [2.45, 2.75) is 52.4 Å². The van der Waals surface area contributed by atoms with Crippen molar-refractivity contribution in [2.24, 2.45) is 22.2 Å². The van der Waals surface area contributed by atoms with E-state index in [1.807, 2.05) is 13.8 Å². The Bertz CT molecular complexity index is 307. The van der Waals surface area contributed by atoms with E-state index in [9.17, 15) is 4.79 Å². The highest BCUT2D eigenvalue weighted by molar-refractivity contribution is 6.06. The molecule has 1 saturated carbocycles. The fourth-order valence-electron chi connectivity index (χ4n) is 2.49. The van der Waals surface area contributed by atoms with Gasteiger partial charge in [-0.2, -0.15) is 0 Å². The lowest BCUT2D eigenvalue weighted by molar-refractivity contribution is -0.128. The van der Waals surface area contributed by atoms with Crippen molar-refractivity contribution in [2.75, 3.05) is 6.54 Å². The maximum atomic E-state index is 12.2. The SMILES string of the molecule is CCC(CC)(C(=O)NCCC1CCC1)C(N)=NO. The molecule has 0 aromatic rings. The molecular weight excluding hydrogens is 230 g/mol. The number of amides is 1. The molecule has 4 N–H and O–H groups in total. The number of carbonyl (C=O) groups is 1. The van der Waals surface area contributed by atoms with Gasteiger partial charge in [0.1, 0.15) is 5.41 Å². The lowest BCUT2D eigenvalue weighted by Gasteiger charge is -2.30. The summed E-state index contributed by atoms with van der Waals surface area (Å²) in [6, 6.07) is 0. The van der Waals surface area contributed by atoms with Crippen LogP contribution in [0.5, 0.6) is 0 Å². The minimum atomic E-state index is -0.867. The molecule has 1 amide bonds. The molecule has 1 rings (SSSR count). The molecule has 0 saturated heterocycles. The highest BCUT2D eigenvalue weighted by Gasteiger charge is 2.39. The molecule has 18 heavy (non-hydrogen) atoms. The Morgan fingerprint density at radius 2 is 2.06 bits per heavy atom. The molecule has 104 valence electrons. The zero-order valence-electron chi connectivity index (χ0n) is 11.4. The van der Waals surface area contributed by atoms with Crippen LogP contribution in [-0.2, 0) is 4.79 Å². The normalized spacial score (nSPS) is 17.3. The van der Waals surface area contributed by atoms with E-state index < -0.39 is 5.41 Å². The predicted molar refractivity (Wildman–Crippen MR) is 71.4 cm³/mol. The Balaban J connectivity index is 2.53. The van der Waals surface area contributed by atoms with E-state index in [2.05, 4.69) is 10.5 Å². The molecule has 0 aliphatic heterocycles. The number of nitrogens with two attached hydrogens (primary N) is 1. The first-order valence-electron chi connectivity index (χ1n) is 6.87. The quantitative estimate of drug-likeness (QED) is 0.281. The van der Waals surface area contributed by atoms with Gasteiger partial charge in [-0.3, -0.25) is 4.79 Å². The van der Waals surface area contributed by atoms with Crippen LogP contribution >= 0.6 is 0 Å². The Morgan fingerprint density at radius 3 is 2.44 bits per heavy atom. The first-order chi connectivity index (χ1) is 8.60. The maximum Gasteiger partial charge on any atom is 0.233 e. The molecule has 1 fully saturated rings. The molecule has 0 heterocycles. The van der Waals surface area contributed by atoms with Crippen molar-refractivity contribution < 1.29 is 10.0 Å². The van der Waals surface area contributed by atoms with E-state index in [-0.39, 0.29) is 11.7 Å². The van der Waals surface area contributed by atoms with Gasteiger partial charge < -0.3 is 16.3 Å². The van der Waals surface area contributed by atoms with E-state index in [1.165, 1.54) is 19.3 Å². The zero-order chi connectivity index (χ0) is 13.6. The van der Waals surface area contributed by atoms with Crippen LogP contribution in [-0.4, -0.2) is 23.5 Å². The first kappa shape index (κ1) is 14.8. The van der Waals surface area contributed by atoms with Crippen LogP contribution in [0.3, 0.4) is 0 Å². The van der Waals surface area contributed by atoms with Gasteiger partial charge in [-0.05, 0) is 25.2 Å². The third kappa shape index (κ3) is 2.94. The summed E-state index contributed by atoms with van der Waals surface area (Å²) in [5, 5.41) is 14.8. The van der Waals surface area contributed by atoms with Crippen LogP contribution in [0.25, 0.3) is 0 Å². The largest absolute Gasteiger partial charge is 0.409 e. The zero-order valence-corrected chi connectivity index (χ0v) is 11.4. The fourth-order valence-corrected chi connectivity index (χ4v) is 2.49. The fraction of sp³-hybridized carbons (Fsp3) is 0.846. The number of nitrogens with zero attached hydrogens (tertiary/aromatic N) is 1. The summed E-state index contributed by atoms with van der Waals surface area (Å²) in [4.78, 5) is 12.2. The highest BCUT2D eigenvalue weighted by Crippen LogP contribution is 2.30. The van der Waals surface area contributed by atoms with Crippen LogP contribution in [0.2, 0.25) is 0 Å². The van der Waals surface area contributed by atoms with E-state index in [1.54, 1.807) is 0 Å². The van der Waals surface area contributed by atoms with Crippen molar-refractivity contribution in [3.8, 4) is 0 Å². The molecule has 0 aromatic heterocycles. The van der Waals surface area contributed by atoms with Crippen LogP contribution in [0.4, 0.5) is 0 Å². The van der Waals surface area contributed by atoms with Crippen molar-refractivity contribution >= 4 is 11.7 Å². The van der Waals surface area contributed by atoms with Gasteiger partial charge in [0.2, 0.25) is 5.91 Å². The van der Waals surface area contributed by atoms with Crippen LogP contribution in [0.1, 0.15) is 52.4 Å². The monoisotopic (exact) mass is 255 g/mol. The third-order valence-corrected chi connectivity index (χ3v) is 4.30. The smallest absolute Gasteiger partial charge is 0.233 e. The minimum Gasteiger partial charge on any atom is -0.409 e. The number of oxime groups is 1. The lowest BCUT2D eigenvalue weighted by atomic mass is 9.79. The number of amidine groups is 1. The topological polar surface area (TPSA) is 87.7 Å². The van der Waals surface area contributed by atoms with Gasteiger partial charge in [0.05, 0.1) is 0 Å². The molecule has 0 unspecified atom stereocenters. The van der Waals surface area contributed by atoms with Crippen molar-refractivity contribution in [1.29, 1.82) is 0 Å². The Hall–Kier alpha value is -1.26. The van der Waals surface area contributed by atoms with Gasteiger partial charge in [0, 0.05) is 6.54 Å². The van der Waals surface area contributed by atoms with Gasteiger partial charge in [-0.1, -0.05) is 38.3 Å². The number of hydrogen-bond acceptors (Lipinski definition) is 3. The molecular formula is C13H25N3O2. The standard InChI is InChI=1S/C13H25N3O2/c1-3-13(4-2,11(14)16-18)12(17)15-9-8-10-6-5-7-10/h10,18H,3-9H2,1-2H3,(H2,14,16)(H,15,17). The second-order valence-electron chi connectivity index (χ2n) is 5.12. The maximum absolute atomic E-state index is 12.2. The molecule has 5 nitrogen and oxygen atoms in total. The van der Waals surface area contributed by atoms with E-state index >= 15 is 0 Å². The molecule has 0 radical (unpaired) electrons. The summed E-state index contributed by atoms with van der Waals surface area (Å²) in [7, 11) is 0. The molecule has 5 heteroatoms. The van der Waals surface area contributed by atoms with Crippen LogP contribution < -0.4 is 11.1 Å². The van der Waals surface area contributed by atoms with E-state index in [4.69, 9.17) is 10.9 Å². The lowest BCUT2D eigenvalue weighted by Crippen LogP contribution is -2.49. The third-order valence-electron chi connectivity index (χ3n) is 4.30. The minimum absolute atomic E-state index is 0.00800. The molecule has 0 atom stereocenters. The molecule has 0 spiro atoms. The summed E-state index contributed by atoms with van der Waals surface area (Å²) >= 11 is 0. The second kappa shape index (κ2) is 6.61. The summed E-state index contributed by atoms with van der Waals surface area (Å²) in [6.45, 7) is 4.45. The number of hydrogen-bond donors (Lipinski definition) is 3. The number of nitrogens with one attached hydrogen (secondary N) is 1. The molecule has 1 aliphatic carbocycles. The van der Waals surface area contributed by atoms with Gasteiger partial charge >= 0.3 is 0 Å². The summed E-state index contributed by atoms with van der Waals surface area (Å²) in [5.41, 5.74) is 4.82. The van der Waals surface area contributed by atoms with Gasteiger partial charge in [-0.15, -0.1) is 0 Å². The first-order valence-corrected chi connectivity index (χ1v) is 6.87. The molecule has 0 bridgehead atoms. The van der Waals surface area contributed by atoms with Crippen molar-refractivity contribution in [3.05, 3.63) is 0 Å². The van der Waals surface area contributed by atoms with Crippen molar-refractivity contribution in [1.82, 2.24) is 5.32 Å². The summed E-state index contributed by atoms with van der Waals surface area (Å²) in [6.07, 6.45) is 5.98. The molecule has 0 aromatic carbocycles. The Morgan fingerprint density at radius 1 is 1.44 bits per heavy atom. The van der Waals surface area contributed by atoms with Gasteiger partial charge in [-0.25, -0.2) is 0 Å². The van der Waals surface area contributed by atoms with Gasteiger partial charge in [0.25, 0.3) is 0 Å². The molecule has 1 aliphatic rings. The predicted octanol–water partition coefficient (Wildman–Crippen LogP) is 1.85. The average molecular weight is 255 g/mol.